The van der Waals surface area contributed by atoms with E-state index in [2.05, 4.69) is 5.32 Å². The first-order valence-corrected chi connectivity index (χ1v) is 10.3. The monoisotopic (exact) mass is 389 g/mol. The summed E-state index contributed by atoms with van der Waals surface area (Å²) in [5.41, 5.74) is 0.455. The molecule has 0 radical (unpaired) electrons. The zero-order chi connectivity index (χ0) is 18.6. The molecule has 1 aromatic heterocycles. The van der Waals surface area contributed by atoms with Crippen LogP contribution in [0.15, 0.2) is 77.0 Å². The molecule has 0 aliphatic carbocycles. The summed E-state index contributed by atoms with van der Waals surface area (Å²) in [6.45, 7) is -0.0754. The second-order valence-electron chi connectivity index (χ2n) is 5.58. The fourth-order valence-corrected chi connectivity index (χ4v) is 5.29. The molecule has 26 heavy (non-hydrogen) atoms. The maximum absolute atomic E-state index is 13.1. The molecule has 7 heteroatoms. The Kier molecular flexibility index (Phi) is 5.49. The number of benzene rings is 2. The van der Waals surface area contributed by atoms with Gasteiger partial charge in [-0.1, -0.05) is 24.3 Å². The predicted octanol–water partition coefficient (Wildman–Crippen LogP) is 3.83. The minimum absolute atomic E-state index is 0.0197. The molecule has 1 N–H and O–H groups in total. The van der Waals surface area contributed by atoms with Crippen LogP contribution in [-0.2, 0) is 9.84 Å². The summed E-state index contributed by atoms with van der Waals surface area (Å²) in [5.74, 6) is -0.851. The van der Waals surface area contributed by atoms with E-state index in [-0.39, 0.29) is 17.3 Å². The highest BCUT2D eigenvalue weighted by molar-refractivity contribution is 7.91. The molecule has 0 aliphatic rings. The van der Waals surface area contributed by atoms with Crippen LogP contribution in [0.25, 0.3) is 0 Å². The molecule has 0 saturated heterocycles. The summed E-state index contributed by atoms with van der Waals surface area (Å²) in [4.78, 5) is 12.9. The van der Waals surface area contributed by atoms with Gasteiger partial charge in [-0.05, 0) is 47.8 Å². The summed E-state index contributed by atoms with van der Waals surface area (Å²) in [5, 5.41) is 3.52. The summed E-state index contributed by atoms with van der Waals surface area (Å²) in [7, 11) is -3.79. The van der Waals surface area contributed by atoms with E-state index >= 15 is 0 Å². The number of nitrogens with one attached hydrogen (secondary N) is 1. The maximum atomic E-state index is 13.1. The van der Waals surface area contributed by atoms with Crippen molar-refractivity contribution in [1.82, 2.24) is 5.32 Å². The van der Waals surface area contributed by atoms with Crippen molar-refractivity contribution >= 4 is 27.1 Å². The van der Waals surface area contributed by atoms with Crippen LogP contribution in [-0.4, -0.2) is 20.9 Å². The number of sulfone groups is 1. The topological polar surface area (TPSA) is 63.2 Å². The van der Waals surface area contributed by atoms with Crippen molar-refractivity contribution in [3.05, 3.63) is 88.4 Å². The molecule has 1 atom stereocenters. The van der Waals surface area contributed by atoms with Gasteiger partial charge < -0.3 is 5.32 Å². The zero-order valence-electron chi connectivity index (χ0n) is 13.6. The molecule has 0 unspecified atom stereocenters. The van der Waals surface area contributed by atoms with Crippen LogP contribution in [0, 0.1) is 5.82 Å². The highest BCUT2D eigenvalue weighted by Gasteiger charge is 2.30. The van der Waals surface area contributed by atoms with Gasteiger partial charge in [0.1, 0.15) is 11.1 Å². The zero-order valence-corrected chi connectivity index (χ0v) is 15.3. The van der Waals surface area contributed by atoms with Crippen molar-refractivity contribution in [3.63, 3.8) is 0 Å². The van der Waals surface area contributed by atoms with Crippen molar-refractivity contribution in [3.8, 4) is 0 Å². The van der Waals surface area contributed by atoms with Crippen molar-refractivity contribution in [1.29, 1.82) is 0 Å². The fourth-order valence-electron chi connectivity index (χ4n) is 2.50. The maximum Gasteiger partial charge on any atom is 0.251 e. The van der Waals surface area contributed by atoms with Crippen LogP contribution in [0.3, 0.4) is 0 Å². The highest BCUT2D eigenvalue weighted by atomic mass is 32.2. The molecular formula is C19H16FNO3S2. The van der Waals surface area contributed by atoms with E-state index in [4.69, 9.17) is 0 Å². The third-order valence-electron chi connectivity index (χ3n) is 3.86. The Morgan fingerprint density at radius 3 is 2.31 bits per heavy atom. The van der Waals surface area contributed by atoms with E-state index in [0.29, 0.717) is 10.4 Å². The van der Waals surface area contributed by atoms with Gasteiger partial charge in [0.25, 0.3) is 5.91 Å². The van der Waals surface area contributed by atoms with Crippen LogP contribution in [0.1, 0.15) is 20.5 Å². The van der Waals surface area contributed by atoms with Crippen LogP contribution in [0.5, 0.6) is 0 Å². The number of carbonyl (C=O) groups is 1. The number of rotatable bonds is 6. The van der Waals surface area contributed by atoms with Gasteiger partial charge in [-0.15, -0.1) is 11.3 Å². The average Bonchev–Trinajstić information content (AvgIpc) is 3.17. The molecule has 2 aromatic carbocycles. The molecule has 3 rings (SSSR count). The van der Waals surface area contributed by atoms with Crippen LogP contribution in [0.2, 0.25) is 0 Å². The Morgan fingerprint density at radius 1 is 1.00 bits per heavy atom. The Hall–Kier alpha value is -2.51. The van der Waals surface area contributed by atoms with Crippen LogP contribution in [0.4, 0.5) is 4.39 Å². The van der Waals surface area contributed by atoms with Crippen molar-refractivity contribution in [2.24, 2.45) is 0 Å². The Balaban J connectivity index is 1.86. The molecule has 1 heterocycles. The highest BCUT2D eigenvalue weighted by Crippen LogP contribution is 2.31. The van der Waals surface area contributed by atoms with E-state index in [1.165, 1.54) is 23.5 Å². The number of thiophene rings is 1. The van der Waals surface area contributed by atoms with Crippen molar-refractivity contribution in [2.45, 2.75) is 10.1 Å². The molecule has 0 fully saturated rings. The third-order valence-corrected chi connectivity index (χ3v) is 7.10. The lowest BCUT2D eigenvalue weighted by atomic mass is 10.2. The van der Waals surface area contributed by atoms with E-state index in [9.17, 15) is 17.6 Å². The molecule has 4 nitrogen and oxygen atoms in total. The molecule has 0 spiro atoms. The summed E-state index contributed by atoms with van der Waals surface area (Å²) in [6, 6.07) is 16.8. The average molecular weight is 389 g/mol. The first-order chi connectivity index (χ1) is 12.5. The lowest BCUT2D eigenvalue weighted by Gasteiger charge is -2.17. The molecule has 0 bridgehead atoms. The quantitative estimate of drug-likeness (QED) is 0.652. The lowest BCUT2D eigenvalue weighted by molar-refractivity contribution is 0.0953. The predicted molar refractivity (Wildman–Crippen MR) is 99.4 cm³/mol. The SMILES string of the molecule is O=C(NC[C@H](c1cccs1)S(=O)(=O)c1ccc(F)cc1)c1ccccc1. The normalized spacial score (nSPS) is 12.5. The fraction of sp³-hybridized carbons (Fsp3) is 0.105. The van der Waals surface area contributed by atoms with Gasteiger partial charge in [0, 0.05) is 17.0 Å². The summed E-state index contributed by atoms with van der Waals surface area (Å²) in [6.07, 6.45) is 0. The van der Waals surface area contributed by atoms with E-state index < -0.39 is 20.9 Å². The lowest BCUT2D eigenvalue weighted by Crippen LogP contribution is -2.31. The third kappa shape index (κ3) is 4.00. The number of hydrogen-bond acceptors (Lipinski definition) is 4. The molecular weight excluding hydrogens is 373 g/mol. The first kappa shape index (κ1) is 18.3. The number of halogens is 1. The van der Waals surface area contributed by atoms with Gasteiger partial charge >= 0.3 is 0 Å². The van der Waals surface area contributed by atoms with Gasteiger partial charge in [-0.3, -0.25) is 4.79 Å². The smallest absolute Gasteiger partial charge is 0.251 e. The molecule has 1 amide bonds. The van der Waals surface area contributed by atoms with Gasteiger partial charge in [0.2, 0.25) is 0 Å². The van der Waals surface area contributed by atoms with Gasteiger partial charge in [-0.25, -0.2) is 12.8 Å². The van der Waals surface area contributed by atoms with Gasteiger partial charge in [0.05, 0.1) is 4.90 Å². The first-order valence-electron chi connectivity index (χ1n) is 7.84. The number of carbonyl (C=O) groups excluding carboxylic acids is 1. The number of hydrogen-bond donors (Lipinski definition) is 1. The molecule has 3 aromatic rings. The second-order valence-corrected chi connectivity index (χ2v) is 8.69. The van der Waals surface area contributed by atoms with Gasteiger partial charge in [-0.2, -0.15) is 0 Å². The minimum Gasteiger partial charge on any atom is -0.350 e. The Labute approximate surface area is 155 Å². The second kappa shape index (κ2) is 7.80. The van der Waals surface area contributed by atoms with Gasteiger partial charge in [0.15, 0.2) is 9.84 Å². The Bertz CT molecular complexity index is 969. The molecule has 0 aliphatic heterocycles. The van der Waals surface area contributed by atoms with Crippen LogP contribution < -0.4 is 5.32 Å². The summed E-state index contributed by atoms with van der Waals surface area (Å²) < 4.78 is 39.2. The Morgan fingerprint density at radius 2 is 1.69 bits per heavy atom. The molecule has 0 saturated carbocycles. The minimum atomic E-state index is -3.79. The van der Waals surface area contributed by atoms with Crippen molar-refractivity contribution in [2.75, 3.05) is 6.54 Å². The van der Waals surface area contributed by atoms with E-state index in [1.54, 1.807) is 47.8 Å². The molecule has 134 valence electrons. The standard InChI is InChI=1S/C19H16FNO3S2/c20-15-8-10-16(11-9-15)26(23,24)18(17-7-4-12-25-17)13-21-19(22)14-5-2-1-3-6-14/h1-12,18H,13H2,(H,21,22)/t18-/m1/s1. The van der Waals surface area contributed by atoms with Crippen LogP contribution >= 0.6 is 11.3 Å². The van der Waals surface area contributed by atoms with E-state index in [1.807, 2.05) is 0 Å². The number of amides is 1. The largest absolute Gasteiger partial charge is 0.350 e. The summed E-state index contributed by atoms with van der Waals surface area (Å²) >= 11 is 1.30. The van der Waals surface area contributed by atoms with E-state index in [0.717, 1.165) is 12.1 Å². The van der Waals surface area contributed by atoms with Crippen molar-refractivity contribution < 1.29 is 17.6 Å².